The number of piperidine rings is 1. The van der Waals surface area contributed by atoms with Crippen LogP contribution in [0.1, 0.15) is 38.5 Å². The lowest BCUT2D eigenvalue weighted by Gasteiger charge is -2.41. The largest absolute Gasteiger partial charge is 0.389 e. The maximum atomic E-state index is 13.3. The van der Waals surface area contributed by atoms with Crippen LogP contribution in [-0.4, -0.2) is 34.7 Å². The van der Waals surface area contributed by atoms with Gasteiger partial charge in [-0.1, -0.05) is 24.4 Å². The number of halogens is 2. The molecule has 0 atom stereocenters. The normalized spacial score (nSPS) is 21.4. The van der Waals surface area contributed by atoms with Crippen molar-refractivity contribution in [3.63, 3.8) is 0 Å². The van der Waals surface area contributed by atoms with E-state index in [-0.39, 0.29) is 11.1 Å². The van der Waals surface area contributed by atoms with Crippen LogP contribution in [0.3, 0.4) is 0 Å². The molecule has 1 saturated heterocycles. The minimum atomic E-state index is -0.630. The molecule has 2 N–H and O–H groups in total. The third kappa shape index (κ3) is 3.78. The Bertz CT molecular complexity index is 562. The Balaban J connectivity index is 1.57. The average molecular weight is 341 g/mol. The van der Waals surface area contributed by atoms with E-state index in [9.17, 15) is 14.3 Å². The molecule has 1 heterocycles. The highest BCUT2D eigenvalue weighted by Crippen LogP contribution is 2.40. The van der Waals surface area contributed by atoms with Crippen LogP contribution in [0.4, 0.5) is 14.9 Å². The molecule has 0 radical (unpaired) electrons. The molecule has 126 valence electrons. The first-order valence-corrected chi connectivity index (χ1v) is 8.58. The summed E-state index contributed by atoms with van der Waals surface area (Å²) in [7, 11) is 0. The quantitative estimate of drug-likeness (QED) is 0.854. The average Bonchev–Trinajstić information content (AvgIpc) is 3.01. The number of aliphatic hydroxyl groups is 1. The second-order valence-electron chi connectivity index (χ2n) is 6.66. The number of carbonyl (C=O) groups is 1. The lowest BCUT2D eigenvalue weighted by Crippen LogP contribution is -2.50. The van der Waals surface area contributed by atoms with Gasteiger partial charge >= 0.3 is 6.03 Å². The molecule has 1 saturated carbocycles. The van der Waals surface area contributed by atoms with Gasteiger partial charge < -0.3 is 15.3 Å². The third-order valence-corrected chi connectivity index (χ3v) is 5.36. The van der Waals surface area contributed by atoms with Gasteiger partial charge in [0.2, 0.25) is 0 Å². The SMILES string of the molecule is O=C(Nc1cc(F)cc(Cl)c1)N1CCC(O)(C2CCCC2)CC1. The van der Waals surface area contributed by atoms with Crippen LogP contribution >= 0.6 is 11.6 Å². The second-order valence-corrected chi connectivity index (χ2v) is 7.10. The zero-order valence-electron chi connectivity index (χ0n) is 13.0. The molecule has 0 unspecified atom stereocenters. The molecule has 6 heteroatoms. The van der Waals surface area contributed by atoms with Crippen molar-refractivity contribution in [2.75, 3.05) is 18.4 Å². The van der Waals surface area contributed by atoms with Crippen LogP contribution in [0, 0.1) is 11.7 Å². The molecule has 23 heavy (non-hydrogen) atoms. The predicted molar refractivity (Wildman–Crippen MR) is 88.1 cm³/mol. The van der Waals surface area contributed by atoms with E-state index in [0.717, 1.165) is 12.8 Å². The summed E-state index contributed by atoms with van der Waals surface area (Å²) in [6.45, 7) is 1.03. The van der Waals surface area contributed by atoms with E-state index in [0.29, 0.717) is 37.5 Å². The molecule has 1 aromatic rings. The Kier molecular flexibility index (Phi) is 4.78. The molecule has 0 bridgehead atoms. The van der Waals surface area contributed by atoms with E-state index in [1.165, 1.54) is 31.0 Å². The molecule has 2 amide bonds. The first-order valence-electron chi connectivity index (χ1n) is 8.21. The van der Waals surface area contributed by atoms with Crippen molar-refractivity contribution in [1.82, 2.24) is 4.90 Å². The molecule has 0 spiro atoms. The summed E-state index contributed by atoms with van der Waals surface area (Å²) in [6, 6.07) is 3.67. The lowest BCUT2D eigenvalue weighted by molar-refractivity contribution is -0.0574. The van der Waals surface area contributed by atoms with Gasteiger partial charge in [0, 0.05) is 23.8 Å². The van der Waals surface area contributed by atoms with Gasteiger partial charge in [0.25, 0.3) is 0 Å². The topological polar surface area (TPSA) is 52.6 Å². The fourth-order valence-corrected chi connectivity index (χ4v) is 4.02. The van der Waals surface area contributed by atoms with E-state index in [1.807, 2.05) is 0 Å². The van der Waals surface area contributed by atoms with Gasteiger partial charge in [0.1, 0.15) is 5.82 Å². The van der Waals surface area contributed by atoms with E-state index < -0.39 is 11.4 Å². The molecule has 3 rings (SSSR count). The minimum Gasteiger partial charge on any atom is -0.389 e. The summed E-state index contributed by atoms with van der Waals surface area (Å²) >= 11 is 5.79. The first kappa shape index (κ1) is 16.5. The zero-order chi connectivity index (χ0) is 16.4. The number of hydrogen-bond acceptors (Lipinski definition) is 2. The summed E-state index contributed by atoms with van der Waals surface area (Å²) in [5.41, 5.74) is -0.285. The first-order chi connectivity index (χ1) is 11.0. The van der Waals surface area contributed by atoms with Gasteiger partial charge in [0.15, 0.2) is 0 Å². The van der Waals surface area contributed by atoms with Gasteiger partial charge in [0.05, 0.1) is 5.60 Å². The summed E-state index contributed by atoms with van der Waals surface area (Å²) in [4.78, 5) is 14.0. The highest BCUT2D eigenvalue weighted by Gasteiger charge is 2.41. The van der Waals surface area contributed by atoms with Crippen molar-refractivity contribution in [3.05, 3.63) is 29.0 Å². The number of nitrogens with zero attached hydrogens (tertiary/aromatic N) is 1. The Morgan fingerprint density at radius 3 is 2.52 bits per heavy atom. The molecule has 1 aromatic carbocycles. The molecule has 4 nitrogen and oxygen atoms in total. The van der Waals surface area contributed by atoms with E-state index in [4.69, 9.17) is 11.6 Å². The van der Waals surface area contributed by atoms with E-state index in [2.05, 4.69) is 5.32 Å². The van der Waals surface area contributed by atoms with E-state index >= 15 is 0 Å². The monoisotopic (exact) mass is 340 g/mol. The lowest BCUT2D eigenvalue weighted by atomic mass is 9.78. The Morgan fingerprint density at radius 1 is 1.26 bits per heavy atom. The zero-order valence-corrected chi connectivity index (χ0v) is 13.8. The number of rotatable bonds is 2. The highest BCUT2D eigenvalue weighted by atomic mass is 35.5. The van der Waals surface area contributed by atoms with Crippen molar-refractivity contribution in [3.8, 4) is 0 Å². The van der Waals surface area contributed by atoms with Gasteiger partial charge in [-0.3, -0.25) is 0 Å². The van der Waals surface area contributed by atoms with Crippen molar-refractivity contribution in [2.45, 2.75) is 44.1 Å². The van der Waals surface area contributed by atoms with Gasteiger partial charge in [-0.05, 0) is 49.8 Å². The van der Waals surface area contributed by atoms with Crippen LogP contribution < -0.4 is 5.32 Å². The smallest absolute Gasteiger partial charge is 0.321 e. The summed E-state index contributed by atoms with van der Waals surface area (Å²) in [5.74, 6) is -0.114. The number of carbonyl (C=O) groups excluding carboxylic acids is 1. The molecule has 0 aromatic heterocycles. The number of benzene rings is 1. The minimum absolute atomic E-state index is 0.245. The molecule has 2 fully saturated rings. The van der Waals surface area contributed by atoms with Gasteiger partial charge in [-0.2, -0.15) is 0 Å². The molecule has 1 aliphatic carbocycles. The van der Waals surface area contributed by atoms with Crippen molar-refractivity contribution < 1.29 is 14.3 Å². The van der Waals surface area contributed by atoms with Gasteiger partial charge in [-0.25, -0.2) is 9.18 Å². The number of nitrogens with one attached hydrogen (secondary N) is 1. The number of amides is 2. The Morgan fingerprint density at radius 2 is 1.91 bits per heavy atom. The second kappa shape index (κ2) is 6.65. The Labute approximate surface area is 140 Å². The fourth-order valence-electron chi connectivity index (χ4n) is 3.80. The van der Waals surface area contributed by atoms with Crippen molar-refractivity contribution >= 4 is 23.3 Å². The summed E-state index contributed by atoms with van der Waals surface area (Å²) in [5, 5.41) is 13.7. The van der Waals surface area contributed by atoms with Crippen LogP contribution in [0.2, 0.25) is 5.02 Å². The maximum Gasteiger partial charge on any atom is 0.321 e. The van der Waals surface area contributed by atoms with Crippen molar-refractivity contribution in [1.29, 1.82) is 0 Å². The van der Waals surface area contributed by atoms with E-state index in [1.54, 1.807) is 4.90 Å². The molecule has 2 aliphatic rings. The number of urea groups is 1. The Hall–Kier alpha value is -1.33. The van der Waals surface area contributed by atoms with Gasteiger partial charge in [-0.15, -0.1) is 0 Å². The highest BCUT2D eigenvalue weighted by molar-refractivity contribution is 6.30. The molecular formula is C17H22ClFN2O2. The summed E-state index contributed by atoms with van der Waals surface area (Å²) in [6.07, 6.45) is 5.77. The van der Waals surface area contributed by atoms with Crippen LogP contribution in [0.15, 0.2) is 18.2 Å². The third-order valence-electron chi connectivity index (χ3n) is 5.15. The maximum absolute atomic E-state index is 13.3. The number of hydrogen-bond donors (Lipinski definition) is 2. The predicted octanol–water partition coefficient (Wildman–Crippen LogP) is 4.03. The molecular weight excluding hydrogens is 319 g/mol. The standard InChI is InChI=1S/C17H22ClFN2O2/c18-13-9-14(19)11-15(10-13)20-16(22)21-7-5-17(23,6-8-21)12-3-1-2-4-12/h9-12,23H,1-8H2,(H,20,22). The van der Waals surface area contributed by atoms with Crippen molar-refractivity contribution in [2.24, 2.45) is 5.92 Å². The fraction of sp³-hybridized carbons (Fsp3) is 0.588. The number of likely N-dealkylation sites (tertiary alicyclic amines) is 1. The van der Waals surface area contributed by atoms with Crippen LogP contribution in [0.5, 0.6) is 0 Å². The number of anilines is 1. The molecule has 1 aliphatic heterocycles. The van der Waals surface area contributed by atoms with Crippen LogP contribution in [0.25, 0.3) is 0 Å². The van der Waals surface area contributed by atoms with Crippen LogP contribution in [-0.2, 0) is 0 Å². The summed E-state index contributed by atoms with van der Waals surface area (Å²) < 4.78 is 13.3.